The van der Waals surface area contributed by atoms with Gasteiger partial charge in [-0.25, -0.2) is 4.98 Å². The Kier molecular flexibility index (Phi) is 3.47. The van der Waals surface area contributed by atoms with Crippen molar-refractivity contribution in [2.24, 2.45) is 5.92 Å². The van der Waals surface area contributed by atoms with E-state index >= 15 is 0 Å². The summed E-state index contributed by atoms with van der Waals surface area (Å²) in [5.41, 5.74) is 8.49. The van der Waals surface area contributed by atoms with Crippen molar-refractivity contribution in [3.8, 4) is 0 Å². The van der Waals surface area contributed by atoms with Crippen molar-refractivity contribution in [2.45, 2.75) is 51.9 Å². The predicted octanol–water partition coefficient (Wildman–Crippen LogP) is 3.66. The third-order valence-corrected chi connectivity index (χ3v) is 3.95. The maximum atomic E-state index is 5.98. The Morgan fingerprint density at radius 2 is 2.00 bits per heavy atom. The van der Waals surface area contributed by atoms with E-state index in [1.807, 2.05) is 6.20 Å². The van der Waals surface area contributed by atoms with Gasteiger partial charge in [-0.2, -0.15) is 0 Å². The van der Waals surface area contributed by atoms with E-state index in [4.69, 9.17) is 5.73 Å². The van der Waals surface area contributed by atoms with Gasteiger partial charge in [-0.3, -0.25) is 0 Å². The molecule has 0 bridgehead atoms. The Labute approximate surface area is 98.3 Å². The Bertz CT molecular complexity index is 352. The van der Waals surface area contributed by atoms with E-state index in [2.05, 4.69) is 24.9 Å². The number of pyridine rings is 1. The highest BCUT2D eigenvalue weighted by Gasteiger charge is 2.23. The Balaban J connectivity index is 2.10. The maximum Gasteiger partial charge on any atom is 0.126 e. The molecule has 2 N–H and O–H groups in total. The van der Waals surface area contributed by atoms with Crippen molar-refractivity contribution in [3.05, 3.63) is 23.4 Å². The molecular formula is C14H22N2. The predicted molar refractivity (Wildman–Crippen MR) is 68.4 cm³/mol. The van der Waals surface area contributed by atoms with Crippen LogP contribution in [0, 0.1) is 12.8 Å². The standard InChI is InChI=1S/C14H22N2/c1-3-11-4-6-12(7-5-11)13-8-10(2)9-16-14(13)15/h8-9,11-12H,3-7H2,1-2H3,(H2,15,16). The van der Waals surface area contributed by atoms with Crippen molar-refractivity contribution in [3.63, 3.8) is 0 Å². The number of aromatic nitrogens is 1. The molecule has 2 nitrogen and oxygen atoms in total. The normalized spacial score (nSPS) is 25.6. The van der Waals surface area contributed by atoms with E-state index in [9.17, 15) is 0 Å². The summed E-state index contributed by atoms with van der Waals surface area (Å²) in [7, 11) is 0. The molecule has 0 aromatic carbocycles. The lowest BCUT2D eigenvalue weighted by Gasteiger charge is -2.28. The maximum absolute atomic E-state index is 5.98. The molecule has 0 atom stereocenters. The van der Waals surface area contributed by atoms with Crippen molar-refractivity contribution < 1.29 is 0 Å². The fourth-order valence-corrected chi connectivity index (χ4v) is 2.81. The number of hydrogen-bond acceptors (Lipinski definition) is 2. The number of nitrogen functional groups attached to an aromatic ring is 1. The summed E-state index contributed by atoms with van der Waals surface area (Å²) in [5.74, 6) is 2.33. The van der Waals surface area contributed by atoms with Crippen LogP contribution in [0.5, 0.6) is 0 Å². The molecule has 1 fully saturated rings. The molecule has 1 heterocycles. The molecule has 1 aromatic heterocycles. The molecule has 88 valence electrons. The summed E-state index contributed by atoms with van der Waals surface area (Å²) in [6.45, 7) is 4.39. The highest BCUT2D eigenvalue weighted by molar-refractivity contribution is 5.43. The van der Waals surface area contributed by atoms with E-state index in [0.29, 0.717) is 5.92 Å². The average molecular weight is 218 g/mol. The SMILES string of the molecule is CCC1CCC(c2cc(C)cnc2N)CC1. The molecule has 2 heteroatoms. The zero-order valence-electron chi connectivity index (χ0n) is 10.4. The van der Waals surface area contributed by atoms with Gasteiger partial charge < -0.3 is 5.73 Å². The third kappa shape index (κ3) is 2.37. The Morgan fingerprint density at radius 3 is 2.62 bits per heavy atom. The lowest BCUT2D eigenvalue weighted by atomic mass is 9.78. The Hall–Kier alpha value is -1.05. The second-order valence-corrected chi connectivity index (χ2v) is 5.11. The molecule has 0 unspecified atom stereocenters. The molecule has 0 radical (unpaired) electrons. The first kappa shape index (κ1) is 11.4. The molecule has 16 heavy (non-hydrogen) atoms. The molecule has 1 saturated carbocycles. The van der Waals surface area contributed by atoms with E-state index in [1.54, 1.807) is 0 Å². The lowest BCUT2D eigenvalue weighted by Crippen LogP contribution is -2.14. The van der Waals surface area contributed by atoms with Gasteiger partial charge in [-0.1, -0.05) is 19.4 Å². The highest BCUT2D eigenvalue weighted by atomic mass is 14.8. The minimum atomic E-state index is 0.648. The van der Waals surface area contributed by atoms with Crippen molar-refractivity contribution in [1.29, 1.82) is 0 Å². The molecule has 0 spiro atoms. The van der Waals surface area contributed by atoms with Crippen molar-refractivity contribution in [1.82, 2.24) is 4.98 Å². The zero-order valence-corrected chi connectivity index (χ0v) is 10.4. The van der Waals surface area contributed by atoms with Gasteiger partial charge in [0, 0.05) is 6.20 Å². The van der Waals surface area contributed by atoms with Crippen LogP contribution in [0.2, 0.25) is 0 Å². The van der Waals surface area contributed by atoms with Crippen LogP contribution in [0.1, 0.15) is 56.1 Å². The zero-order chi connectivity index (χ0) is 11.5. The van der Waals surface area contributed by atoms with Gasteiger partial charge in [0.1, 0.15) is 5.82 Å². The highest BCUT2D eigenvalue weighted by Crippen LogP contribution is 2.38. The van der Waals surface area contributed by atoms with Gasteiger partial charge in [-0.15, -0.1) is 0 Å². The quantitative estimate of drug-likeness (QED) is 0.822. The monoisotopic (exact) mass is 218 g/mol. The van der Waals surface area contributed by atoms with Crippen LogP contribution < -0.4 is 5.73 Å². The number of aryl methyl sites for hydroxylation is 1. The van der Waals surface area contributed by atoms with Gasteiger partial charge in [0.2, 0.25) is 0 Å². The van der Waals surface area contributed by atoms with Gasteiger partial charge in [0.15, 0.2) is 0 Å². The van der Waals surface area contributed by atoms with Crippen LogP contribution in [-0.2, 0) is 0 Å². The summed E-state index contributed by atoms with van der Waals surface area (Å²) >= 11 is 0. The second kappa shape index (κ2) is 4.86. The Morgan fingerprint density at radius 1 is 1.31 bits per heavy atom. The third-order valence-electron chi connectivity index (χ3n) is 3.95. The molecule has 1 aromatic rings. The largest absolute Gasteiger partial charge is 0.383 e. The molecule has 1 aliphatic rings. The molecule has 0 aliphatic heterocycles. The first-order chi connectivity index (χ1) is 7.70. The van der Waals surface area contributed by atoms with Crippen LogP contribution in [0.25, 0.3) is 0 Å². The number of anilines is 1. The summed E-state index contributed by atoms with van der Waals surface area (Å²) < 4.78 is 0. The number of rotatable bonds is 2. The fraction of sp³-hybridized carbons (Fsp3) is 0.643. The average Bonchev–Trinajstić information content (AvgIpc) is 2.32. The topological polar surface area (TPSA) is 38.9 Å². The molecule has 0 saturated heterocycles. The minimum absolute atomic E-state index is 0.648. The van der Waals surface area contributed by atoms with Gasteiger partial charge in [0.25, 0.3) is 0 Å². The number of hydrogen-bond donors (Lipinski definition) is 1. The number of nitrogens with two attached hydrogens (primary N) is 1. The van der Waals surface area contributed by atoms with Crippen LogP contribution in [0.15, 0.2) is 12.3 Å². The van der Waals surface area contributed by atoms with Gasteiger partial charge >= 0.3 is 0 Å². The van der Waals surface area contributed by atoms with Crippen LogP contribution in [0.3, 0.4) is 0 Å². The summed E-state index contributed by atoms with van der Waals surface area (Å²) in [5, 5.41) is 0. The second-order valence-electron chi connectivity index (χ2n) is 5.11. The van der Waals surface area contributed by atoms with Gasteiger partial charge in [0.05, 0.1) is 0 Å². The molecular weight excluding hydrogens is 196 g/mol. The van der Waals surface area contributed by atoms with E-state index in [1.165, 1.54) is 43.2 Å². The summed E-state index contributed by atoms with van der Waals surface area (Å²) in [4.78, 5) is 4.27. The molecule has 2 rings (SSSR count). The van der Waals surface area contributed by atoms with E-state index in [-0.39, 0.29) is 0 Å². The van der Waals surface area contributed by atoms with Crippen LogP contribution in [0.4, 0.5) is 5.82 Å². The van der Waals surface area contributed by atoms with Crippen LogP contribution >= 0.6 is 0 Å². The molecule has 1 aliphatic carbocycles. The fourth-order valence-electron chi connectivity index (χ4n) is 2.81. The lowest BCUT2D eigenvalue weighted by molar-refractivity contribution is 0.319. The van der Waals surface area contributed by atoms with E-state index < -0.39 is 0 Å². The minimum Gasteiger partial charge on any atom is -0.383 e. The van der Waals surface area contributed by atoms with Crippen molar-refractivity contribution >= 4 is 5.82 Å². The smallest absolute Gasteiger partial charge is 0.126 e. The molecule has 0 amide bonds. The summed E-state index contributed by atoms with van der Waals surface area (Å²) in [6, 6.07) is 2.22. The summed E-state index contributed by atoms with van der Waals surface area (Å²) in [6.07, 6.45) is 8.47. The van der Waals surface area contributed by atoms with Crippen molar-refractivity contribution in [2.75, 3.05) is 5.73 Å². The van der Waals surface area contributed by atoms with E-state index in [0.717, 1.165) is 11.7 Å². The number of nitrogens with zero attached hydrogens (tertiary/aromatic N) is 1. The van der Waals surface area contributed by atoms with Crippen LogP contribution in [-0.4, -0.2) is 4.98 Å². The first-order valence-corrected chi connectivity index (χ1v) is 6.42. The first-order valence-electron chi connectivity index (χ1n) is 6.42. The van der Waals surface area contributed by atoms with Gasteiger partial charge in [-0.05, 0) is 55.6 Å².